The quantitative estimate of drug-likeness (QED) is 0.0696. The van der Waals surface area contributed by atoms with Crippen molar-refractivity contribution in [3.63, 3.8) is 0 Å². The fourth-order valence-electron chi connectivity index (χ4n) is 8.95. The van der Waals surface area contributed by atoms with Gasteiger partial charge in [0.05, 0.1) is 31.8 Å². The number of nitrogens with one attached hydrogen (secondary N) is 1. The smallest absolute Gasteiger partial charge is 0.412 e. The van der Waals surface area contributed by atoms with Crippen molar-refractivity contribution in [2.45, 2.75) is 116 Å². The van der Waals surface area contributed by atoms with Gasteiger partial charge in [-0.25, -0.2) is 4.79 Å². The van der Waals surface area contributed by atoms with Crippen LogP contribution in [0.5, 0.6) is 17.2 Å². The predicted octanol–water partition coefficient (Wildman–Crippen LogP) is 7.72. The van der Waals surface area contributed by atoms with E-state index in [1.54, 1.807) is 19.3 Å². The lowest BCUT2D eigenvalue weighted by Gasteiger charge is -2.60. The summed E-state index contributed by atoms with van der Waals surface area (Å²) in [6.07, 6.45) is 9.14. The third-order valence-corrected chi connectivity index (χ3v) is 11.3. The molecule has 2 aromatic carbocycles. The zero-order chi connectivity index (χ0) is 41.9. The molecule has 0 radical (unpaired) electrons. The molecular formula is C46H65N3O9. The van der Waals surface area contributed by atoms with Crippen molar-refractivity contribution >= 4 is 17.7 Å². The second-order valence-corrected chi connectivity index (χ2v) is 16.5. The van der Waals surface area contributed by atoms with Crippen molar-refractivity contribution < 1.29 is 43.6 Å². The van der Waals surface area contributed by atoms with E-state index in [4.69, 9.17) is 28.9 Å². The Bertz CT molecular complexity index is 1770. The van der Waals surface area contributed by atoms with Crippen LogP contribution in [0.15, 0.2) is 71.9 Å². The first kappa shape index (κ1) is 44.7. The van der Waals surface area contributed by atoms with Crippen LogP contribution in [0.25, 0.3) is 0 Å². The number of aliphatic hydroxyl groups is 2. The molecule has 318 valence electrons. The van der Waals surface area contributed by atoms with Gasteiger partial charge in [-0.15, -0.1) is 6.58 Å². The molecule has 58 heavy (non-hydrogen) atoms. The Hall–Kier alpha value is -4.39. The molecule has 1 saturated carbocycles. The number of unbranched alkanes of at least 4 members (excludes halogenated alkanes) is 2. The van der Waals surface area contributed by atoms with E-state index in [1.165, 1.54) is 0 Å². The zero-order valence-corrected chi connectivity index (χ0v) is 35.3. The van der Waals surface area contributed by atoms with E-state index in [9.17, 15) is 19.8 Å². The van der Waals surface area contributed by atoms with Gasteiger partial charge in [0.25, 0.3) is 0 Å². The fourth-order valence-corrected chi connectivity index (χ4v) is 8.95. The van der Waals surface area contributed by atoms with Crippen LogP contribution in [0.3, 0.4) is 0 Å². The van der Waals surface area contributed by atoms with Crippen LogP contribution in [0.1, 0.15) is 103 Å². The molecule has 3 aliphatic rings. The van der Waals surface area contributed by atoms with Gasteiger partial charge in [-0.3, -0.25) is 4.79 Å². The maximum absolute atomic E-state index is 14.8. The Morgan fingerprint density at radius 2 is 1.81 bits per heavy atom. The number of allylic oxidation sites excluding steroid dienone is 1. The van der Waals surface area contributed by atoms with Crippen LogP contribution in [0.2, 0.25) is 0 Å². The molecule has 0 spiro atoms. The number of methoxy groups -OCH3 is 1. The number of hydrogen-bond donors (Lipinski definition) is 3. The van der Waals surface area contributed by atoms with Gasteiger partial charge < -0.3 is 44.2 Å². The summed E-state index contributed by atoms with van der Waals surface area (Å²) in [6.45, 7) is 15.0. The number of amides is 2. The van der Waals surface area contributed by atoms with Crippen molar-refractivity contribution in [3.8, 4) is 17.2 Å². The maximum atomic E-state index is 14.8. The molecule has 0 saturated heterocycles. The minimum absolute atomic E-state index is 0.0312. The highest BCUT2D eigenvalue weighted by Gasteiger charge is 2.65. The molecule has 12 heteroatoms. The standard InChI is InChI=1S/C46H65N3O9/c1-8-22-49(41(52)27-31-16-15-18-33(26-31)54-7)40-30-38(48-58-45(4,5)6)36-28-32(17-11-13-23-50)35(19-12-14-24-51)42-37-29-34(56-44(53)47-10-3)20-21-39(37)57-46(40,43(36)42)55-25-9-2/h9,15-16,18,20-21,26,28-29,32,35,40,42-43,50-51H,2,8,10-14,17,19,22-25,27,30H2,1,3-7H3,(H,47,53)/t32-,35+,40-,42+,43+,46+/m0/s1. The average Bonchev–Trinajstić information content (AvgIpc) is 3.19. The first-order chi connectivity index (χ1) is 27.9. The highest BCUT2D eigenvalue weighted by atomic mass is 16.7. The third-order valence-electron chi connectivity index (χ3n) is 11.3. The molecule has 5 rings (SSSR count). The Labute approximate surface area is 344 Å². The van der Waals surface area contributed by atoms with E-state index in [0.29, 0.717) is 56.0 Å². The molecule has 3 N–H and O–H groups in total. The van der Waals surface area contributed by atoms with Gasteiger partial charge >= 0.3 is 6.09 Å². The SMILES string of the molecule is C=CCO[C@@]12Oc3ccc(OC(=O)NCC)cc3[C@H]3[C@H](CCCCO)[C@@H](CCCCO)C=C(C(=NOC(C)(C)C)C[C@@H]1N(CCC)C(=O)Cc1cccc(OC)c1)[C@H]32. The average molecular weight is 804 g/mol. The molecule has 2 aliphatic carbocycles. The summed E-state index contributed by atoms with van der Waals surface area (Å²) in [6, 6.07) is 12.4. The van der Waals surface area contributed by atoms with Gasteiger partial charge in [0.2, 0.25) is 11.7 Å². The molecule has 0 bridgehead atoms. The van der Waals surface area contributed by atoms with E-state index in [1.807, 2.05) is 69.0 Å². The molecule has 1 heterocycles. The topological polar surface area (TPSA) is 148 Å². The first-order valence-electron chi connectivity index (χ1n) is 21.1. The van der Waals surface area contributed by atoms with E-state index in [2.05, 4.69) is 24.9 Å². The summed E-state index contributed by atoms with van der Waals surface area (Å²) < 4.78 is 25.6. The lowest BCUT2D eigenvalue weighted by Crippen LogP contribution is -2.70. The number of aliphatic hydroxyl groups excluding tert-OH is 2. The van der Waals surface area contributed by atoms with Gasteiger partial charge in [-0.1, -0.05) is 49.2 Å². The normalized spacial score (nSPS) is 24.1. The van der Waals surface area contributed by atoms with Gasteiger partial charge in [0.15, 0.2) is 0 Å². The van der Waals surface area contributed by atoms with Crippen LogP contribution in [-0.2, 0) is 20.8 Å². The predicted molar refractivity (Wildman–Crippen MR) is 224 cm³/mol. The second-order valence-electron chi connectivity index (χ2n) is 16.5. The monoisotopic (exact) mass is 803 g/mol. The molecular weight excluding hydrogens is 739 g/mol. The minimum atomic E-state index is -1.38. The number of rotatable bonds is 20. The van der Waals surface area contributed by atoms with Crippen LogP contribution in [0, 0.1) is 17.8 Å². The molecule has 6 atom stereocenters. The van der Waals surface area contributed by atoms with E-state index < -0.39 is 29.4 Å². The molecule has 2 aromatic rings. The van der Waals surface area contributed by atoms with Gasteiger partial charge in [0.1, 0.15) is 28.9 Å². The molecule has 1 fully saturated rings. The van der Waals surface area contributed by atoms with Gasteiger partial charge in [-0.2, -0.15) is 0 Å². The summed E-state index contributed by atoms with van der Waals surface area (Å²) in [5, 5.41) is 27.4. The maximum Gasteiger partial charge on any atom is 0.412 e. The Morgan fingerprint density at radius 3 is 2.48 bits per heavy atom. The third kappa shape index (κ3) is 10.4. The summed E-state index contributed by atoms with van der Waals surface area (Å²) in [5.41, 5.74) is 2.78. The Kier molecular flexibility index (Phi) is 15.8. The Morgan fingerprint density at radius 1 is 1.05 bits per heavy atom. The van der Waals surface area contributed by atoms with Crippen LogP contribution in [0.4, 0.5) is 4.79 Å². The van der Waals surface area contributed by atoms with Crippen molar-refractivity contribution in [2.75, 3.05) is 40.0 Å². The number of carbonyl (C=O) groups excluding carboxylic acids is 2. The lowest BCUT2D eigenvalue weighted by atomic mass is 9.55. The summed E-state index contributed by atoms with van der Waals surface area (Å²) in [7, 11) is 1.61. The fraction of sp³-hybridized carbons (Fsp3) is 0.587. The number of carbonyl (C=O) groups is 2. The van der Waals surface area contributed by atoms with E-state index in [0.717, 1.165) is 48.1 Å². The molecule has 0 unspecified atom stereocenters. The number of ether oxygens (including phenoxy) is 4. The van der Waals surface area contributed by atoms with Gasteiger partial charge in [-0.05, 0) is 113 Å². The lowest BCUT2D eigenvalue weighted by molar-refractivity contribution is -0.257. The Balaban J connectivity index is 1.78. The molecule has 2 amide bonds. The number of nitrogens with zero attached hydrogens (tertiary/aromatic N) is 2. The summed E-state index contributed by atoms with van der Waals surface area (Å²) in [4.78, 5) is 35.7. The van der Waals surface area contributed by atoms with Crippen molar-refractivity contribution in [2.24, 2.45) is 22.9 Å². The largest absolute Gasteiger partial charge is 0.497 e. The first-order valence-corrected chi connectivity index (χ1v) is 21.1. The van der Waals surface area contributed by atoms with E-state index >= 15 is 0 Å². The highest BCUT2D eigenvalue weighted by Crippen LogP contribution is 2.62. The number of fused-ring (bicyclic) bond motifs is 2. The molecule has 0 aromatic heterocycles. The number of benzene rings is 2. The number of oxime groups is 1. The van der Waals surface area contributed by atoms with Crippen LogP contribution >= 0.6 is 0 Å². The van der Waals surface area contributed by atoms with Crippen LogP contribution < -0.4 is 19.5 Å². The van der Waals surface area contributed by atoms with Gasteiger partial charge in [0, 0.05) is 44.2 Å². The molecule has 1 aliphatic heterocycles. The van der Waals surface area contributed by atoms with Crippen molar-refractivity contribution in [1.82, 2.24) is 10.2 Å². The zero-order valence-electron chi connectivity index (χ0n) is 35.3. The summed E-state index contributed by atoms with van der Waals surface area (Å²) >= 11 is 0. The second kappa shape index (κ2) is 20.5. The number of hydrogen-bond acceptors (Lipinski definition) is 10. The highest BCUT2D eigenvalue weighted by molar-refractivity contribution is 6.03. The minimum Gasteiger partial charge on any atom is -0.497 e. The van der Waals surface area contributed by atoms with Crippen molar-refractivity contribution in [1.29, 1.82) is 0 Å². The van der Waals surface area contributed by atoms with E-state index in [-0.39, 0.29) is 49.9 Å². The van der Waals surface area contributed by atoms with Crippen molar-refractivity contribution in [3.05, 3.63) is 77.9 Å². The molecule has 12 nitrogen and oxygen atoms in total. The van der Waals surface area contributed by atoms with Crippen LogP contribution in [-0.4, -0.2) is 90.3 Å². The summed E-state index contributed by atoms with van der Waals surface area (Å²) in [5.74, 6) is -0.449.